The lowest BCUT2D eigenvalue weighted by molar-refractivity contribution is 0.0917. The number of fused-ring (bicyclic) bond motifs is 1. The summed E-state index contributed by atoms with van der Waals surface area (Å²) >= 11 is 0. The zero-order valence-electron chi connectivity index (χ0n) is 11.3. The number of ketones is 1. The number of halogens is 1. The van der Waals surface area contributed by atoms with Crippen LogP contribution < -0.4 is 4.74 Å². The minimum Gasteiger partial charge on any atom is -0.485 e. The first-order valence-electron chi connectivity index (χ1n) is 6.63. The molecule has 0 amide bonds. The van der Waals surface area contributed by atoms with Crippen molar-refractivity contribution in [2.24, 2.45) is 0 Å². The third-order valence-corrected chi connectivity index (χ3v) is 3.27. The zero-order valence-corrected chi connectivity index (χ0v) is 11.3. The van der Waals surface area contributed by atoms with Gasteiger partial charge in [-0.25, -0.2) is 4.39 Å². The van der Waals surface area contributed by atoms with E-state index in [4.69, 9.17) is 4.74 Å². The lowest BCUT2D eigenvalue weighted by Crippen LogP contribution is -2.13. The van der Waals surface area contributed by atoms with Crippen LogP contribution in [0.5, 0.6) is 5.75 Å². The van der Waals surface area contributed by atoms with Gasteiger partial charge in [-0.3, -0.25) is 4.79 Å². The number of carbonyl (C=O) groups is 1. The molecule has 0 radical (unpaired) electrons. The standard InChI is InChI=1S/C18H13FO2/c19-17-8-4-3-7-16(17)18(20)12-21-15-10-9-13-5-1-2-6-14(13)11-15/h1-11H,12H2. The van der Waals surface area contributed by atoms with E-state index in [1.165, 1.54) is 12.1 Å². The Labute approximate surface area is 121 Å². The van der Waals surface area contributed by atoms with Gasteiger partial charge < -0.3 is 4.74 Å². The van der Waals surface area contributed by atoms with Crippen LogP contribution in [0.15, 0.2) is 66.7 Å². The van der Waals surface area contributed by atoms with Gasteiger partial charge >= 0.3 is 0 Å². The molecular weight excluding hydrogens is 267 g/mol. The van der Waals surface area contributed by atoms with Crippen molar-refractivity contribution in [2.45, 2.75) is 0 Å². The number of ether oxygens (including phenoxy) is 1. The Balaban J connectivity index is 1.74. The molecule has 0 fully saturated rings. The van der Waals surface area contributed by atoms with E-state index < -0.39 is 5.82 Å². The molecule has 104 valence electrons. The molecule has 0 atom stereocenters. The quantitative estimate of drug-likeness (QED) is 0.668. The largest absolute Gasteiger partial charge is 0.485 e. The number of Topliss-reactive ketones (excluding diaryl/α,β-unsaturated/α-hetero) is 1. The second-order valence-corrected chi connectivity index (χ2v) is 4.70. The number of hydrogen-bond acceptors (Lipinski definition) is 2. The van der Waals surface area contributed by atoms with E-state index in [9.17, 15) is 9.18 Å². The van der Waals surface area contributed by atoms with E-state index in [-0.39, 0.29) is 18.0 Å². The summed E-state index contributed by atoms with van der Waals surface area (Å²) in [5.41, 5.74) is 0.0540. The summed E-state index contributed by atoms with van der Waals surface area (Å²) in [6.45, 7) is -0.181. The van der Waals surface area contributed by atoms with Crippen molar-refractivity contribution in [3.8, 4) is 5.75 Å². The highest BCUT2D eigenvalue weighted by Gasteiger charge is 2.11. The van der Waals surface area contributed by atoms with Crippen molar-refractivity contribution >= 4 is 16.6 Å². The number of benzene rings is 3. The molecule has 0 saturated heterocycles. The first-order chi connectivity index (χ1) is 10.2. The molecular formula is C18H13FO2. The first kappa shape index (κ1) is 13.3. The highest BCUT2D eigenvalue weighted by Crippen LogP contribution is 2.20. The fraction of sp³-hybridized carbons (Fsp3) is 0.0556. The molecule has 0 aliphatic heterocycles. The summed E-state index contributed by atoms with van der Waals surface area (Å²) in [7, 11) is 0. The predicted molar refractivity (Wildman–Crippen MR) is 80.2 cm³/mol. The van der Waals surface area contributed by atoms with Gasteiger partial charge in [-0.1, -0.05) is 42.5 Å². The van der Waals surface area contributed by atoms with Crippen LogP contribution in [0.25, 0.3) is 10.8 Å². The molecule has 3 heteroatoms. The highest BCUT2D eigenvalue weighted by atomic mass is 19.1. The van der Waals surface area contributed by atoms with Crippen molar-refractivity contribution < 1.29 is 13.9 Å². The van der Waals surface area contributed by atoms with Crippen LogP contribution in [0.4, 0.5) is 4.39 Å². The maximum Gasteiger partial charge on any atom is 0.203 e. The van der Waals surface area contributed by atoms with Crippen molar-refractivity contribution in [3.63, 3.8) is 0 Å². The second kappa shape index (κ2) is 5.75. The second-order valence-electron chi connectivity index (χ2n) is 4.70. The lowest BCUT2D eigenvalue weighted by atomic mass is 10.1. The molecule has 0 unspecified atom stereocenters. The first-order valence-corrected chi connectivity index (χ1v) is 6.63. The summed E-state index contributed by atoms with van der Waals surface area (Å²) in [5, 5.41) is 2.14. The van der Waals surface area contributed by atoms with Crippen LogP contribution in [0.1, 0.15) is 10.4 Å². The maximum absolute atomic E-state index is 13.5. The third kappa shape index (κ3) is 2.92. The molecule has 3 aromatic carbocycles. The summed E-state index contributed by atoms with van der Waals surface area (Å²) in [4.78, 5) is 11.9. The average Bonchev–Trinajstić information content (AvgIpc) is 2.53. The Bertz CT molecular complexity index is 796. The van der Waals surface area contributed by atoms with Crippen LogP contribution in [0.3, 0.4) is 0 Å². The molecule has 0 aliphatic rings. The molecule has 0 N–H and O–H groups in total. The number of hydrogen-bond donors (Lipinski definition) is 0. The SMILES string of the molecule is O=C(COc1ccc2ccccc2c1)c1ccccc1F. The monoisotopic (exact) mass is 280 g/mol. The Morgan fingerprint density at radius 3 is 2.43 bits per heavy atom. The van der Waals surface area contributed by atoms with Gasteiger partial charge in [0.1, 0.15) is 11.6 Å². The van der Waals surface area contributed by atoms with Gasteiger partial charge in [0.2, 0.25) is 5.78 Å². The van der Waals surface area contributed by atoms with Gasteiger partial charge in [-0.2, -0.15) is 0 Å². The normalized spacial score (nSPS) is 10.5. The van der Waals surface area contributed by atoms with E-state index in [2.05, 4.69) is 0 Å². The van der Waals surface area contributed by atoms with E-state index >= 15 is 0 Å². The van der Waals surface area contributed by atoms with Crippen LogP contribution >= 0.6 is 0 Å². The van der Waals surface area contributed by atoms with E-state index in [1.54, 1.807) is 18.2 Å². The zero-order chi connectivity index (χ0) is 14.7. The van der Waals surface area contributed by atoms with Crippen LogP contribution in [-0.4, -0.2) is 12.4 Å². The van der Waals surface area contributed by atoms with Crippen molar-refractivity contribution in [1.29, 1.82) is 0 Å². The fourth-order valence-electron chi connectivity index (χ4n) is 2.17. The summed E-state index contributed by atoms with van der Waals surface area (Å²) in [6, 6.07) is 19.4. The average molecular weight is 280 g/mol. The molecule has 21 heavy (non-hydrogen) atoms. The maximum atomic E-state index is 13.5. The van der Waals surface area contributed by atoms with Crippen molar-refractivity contribution in [3.05, 3.63) is 78.1 Å². The smallest absolute Gasteiger partial charge is 0.203 e. The molecule has 3 aromatic rings. The molecule has 0 saturated carbocycles. The molecule has 3 rings (SSSR count). The lowest BCUT2D eigenvalue weighted by Gasteiger charge is -2.07. The van der Waals surface area contributed by atoms with E-state index in [1.807, 2.05) is 36.4 Å². The Morgan fingerprint density at radius 2 is 1.62 bits per heavy atom. The summed E-state index contributed by atoms with van der Waals surface area (Å²) in [5.74, 6) is -0.302. The predicted octanol–water partition coefficient (Wildman–Crippen LogP) is 4.24. The Morgan fingerprint density at radius 1 is 0.905 bits per heavy atom. The Kier molecular flexibility index (Phi) is 3.65. The van der Waals surface area contributed by atoms with Gasteiger partial charge in [0.25, 0.3) is 0 Å². The van der Waals surface area contributed by atoms with Gasteiger partial charge in [0.05, 0.1) is 5.56 Å². The van der Waals surface area contributed by atoms with Gasteiger partial charge in [-0.15, -0.1) is 0 Å². The molecule has 0 aliphatic carbocycles. The van der Waals surface area contributed by atoms with Gasteiger partial charge in [0, 0.05) is 0 Å². The summed E-state index contributed by atoms with van der Waals surface area (Å²) in [6.07, 6.45) is 0. The van der Waals surface area contributed by atoms with Gasteiger partial charge in [-0.05, 0) is 35.0 Å². The number of rotatable bonds is 4. The molecule has 0 heterocycles. The van der Waals surface area contributed by atoms with Crippen LogP contribution in [0.2, 0.25) is 0 Å². The minimum atomic E-state index is -0.524. The molecule has 0 bridgehead atoms. The molecule has 0 spiro atoms. The van der Waals surface area contributed by atoms with Gasteiger partial charge in [0.15, 0.2) is 6.61 Å². The highest BCUT2D eigenvalue weighted by molar-refractivity contribution is 5.97. The third-order valence-electron chi connectivity index (χ3n) is 3.27. The molecule has 0 aromatic heterocycles. The van der Waals surface area contributed by atoms with E-state index in [0.29, 0.717) is 5.75 Å². The van der Waals surface area contributed by atoms with Crippen molar-refractivity contribution in [2.75, 3.05) is 6.61 Å². The van der Waals surface area contributed by atoms with Crippen LogP contribution in [-0.2, 0) is 0 Å². The topological polar surface area (TPSA) is 26.3 Å². The van der Waals surface area contributed by atoms with E-state index in [0.717, 1.165) is 10.8 Å². The molecule has 2 nitrogen and oxygen atoms in total. The minimum absolute atomic E-state index is 0.0540. The fourth-order valence-corrected chi connectivity index (χ4v) is 2.17. The number of carbonyl (C=O) groups excluding carboxylic acids is 1. The van der Waals surface area contributed by atoms with Crippen molar-refractivity contribution in [1.82, 2.24) is 0 Å². The van der Waals surface area contributed by atoms with Crippen LogP contribution in [0, 0.1) is 5.82 Å². The summed E-state index contributed by atoms with van der Waals surface area (Å²) < 4.78 is 19.0. The Hall–Kier alpha value is -2.68.